The number of hydrogen-bond donors (Lipinski definition) is 1. The van der Waals surface area contributed by atoms with E-state index in [-0.39, 0.29) is 12.0 Å². The molecule has 0 atom stereocenters. The van der Waals surface area contributed by atoms with Crippen molar-refractivity contribution in [1.29, 1.82) is 0 Å². The molecule has 0 spiro atoms. The van der Waals surface area contributed by atoms with E-state index in [1.54, 1.807) is 24.0 Å². The minimum absolute atomic E-state index is 0.0131. The van der Waals surface area contributed by atoms with Crippen molar-refractivity contribution in [2.75, 3.05) is 5.32 Å². The molecule has 1 saturated carbocycles. The summed E-state index contributed by atoms with van der Waals surface area (Å²) in [5.74, 6) is 0.312. The van der Waals surface area contributed by atoms with Crippen LogP contribution in [0.2, 0.25) is 0 Å². The van der Waals surface area contributed by atoms with Crippen molar-refractivity contribution in [1.82, 2.24) is 9.97 Å². The summed E-state index contributed by atoms with van der Waals surface area (Å²) in [5, 5.41) is 6.67. The van der Waals surface area contributed by atoms with Crippen LogP contribution < -0.4 is 10.1 Å². The monoisotopic (exact) mass is 363 g/mol. The molecule has 1 N–H and O–H groups in total. The van der Waals surface area contributed by atoms with Gasteiger partial charge >= 0.3 is 0 Å². The summed E-state index contributed by atoms with van der Waals surface area (Å²) in [6.07, 6.45) is 6.65. The Morgan fingerprint density at radius 3 is 2.83 bits per heavy atom. The third-order valence-electron chi connectivity index (χ3n) is 3.64. The number of carbonyl (C=O) groups excluding carboxylic acids is 1. The molecular formula is C17H21N3O2S2. The first-order valence-corrected chi connectivity index (χ1v) is 9.92. The zero-order chi connectivity index (χ0) is 16.9. The molecular weight excluding hydrogens is 342 g/mol. The summed E-state index contributed by atoms with van der Waals surface area (Å²) in [5.41, 5.74) is 0.552. The first kappa shape index (κ1) is 17.2. The van der Waals surface area contributed by atoms with Crippen LogP contribution in [0.3, 0.4) is 0 Å². The largest absolute Gasteiger partial charge is 0.475 e. The van der Waals surface area contributed by atoms with Gasteiger partial charge in [-0.25, -0.2) is 9.97 Å². The van der Waals surface area contributed by atoms with E-state index in [1.165, 1.54) is 37.0 Å². The molecule has 24 heavy (non-hydrogen) atoms. The second kappa shape index (κ2) is 7.98. The van der Waals surface area contributed by atoms with Crippen molar-refractivity contribution in [2.24, 2.45) is 0 Å². The Bertz CT molecular complexity index is 683. The molecule has 1 amide bonds. The van der Waals surface area contributed by atoms with E-state index in [2.05, 4.69) is 15.3 Å². The molecule has 1 aliphatic rings. The summed E-state index contributed by atoms with van der Waals surface area (Å²) in [4.78, 5) is 21.2. The maximum absolute atomic E-state index is 12.5. The van der Waals surface area contributed by atoms with E-state index in [0.29, 0.717) is 21.8 Å². The van der Waals surface area contributed by atoms with Crippen LogP contribution in [0, 0.1) is 0 Å². The lowest BCUT2D eigenvalue weighted by atomic mass is 10.2. The second-order valence-electron chi connectivity index (χ2n) is 6.01. The topological polar surface area (TPSA) is 64.1 Å². The SMILES string of the molecule is CC(C)Oc1cc(C(=O)Nc2nccs2)cc(SC2CCCC2)n1. The number of nitrogens with one attached hydrogen (secondary N) is 1. The average Bonchev–Trinajstić information content (AvgIpc) is 3.20. The molecule has 2 aromatic rings. The molecule has 0 radical (unpaired) electrons. The van der Waals surface area contributed by atoms with E-state index in [4.69, 9.17) is 4.74 Å². The molecule has 0 unspecified atom stereocenters. The number of ether oxygens (including phenoxy) is 1. The lowest BCUT2D eigenvalue weighted by Gasteiger charge is -2.14. The molecule has 0 saturated heterocycles. The van der Waals surface area contributed by atoms with E-state index >= 15 is 0 Å². The Morgan fingerprint density at radius 2 is 2.17 bits per heavy atom. The molecule has 1 fully saturated rings. The van der Waals surface area contributed by atoms with Crippen molar-refractivity contribution >= 4 is 34.1 Å². The highest BCUT2D eigenvalue weighted by molar-refractivity contribution is 7.99. The van der Waals surface area contributed by atoms with Crippen LogP contribution in [0.4, 0.5) is 5.13 Å². The number of thiazole rings is 1. The Morgan fingerprint density at radius 1 is 1.38 bits per heavy atom. The Kier molecular flexibility index (Phi) is 5.73. The third kappa shape index (κ3) is 4.70. The van der Waals surface area contributed by atoms with Gasteiger partial charge in [0.1, 0.15) is 5.03 Å². The standard InChI is InChI=1S/C17H21N3O2S2/c1-11(2)22-14-9-12(16(21)20-17-18-7-8-23-17)10-15(19-14)24-13-5-3-4-6-13/h7-11,13H,3-6H2,1-2H3,(H,18,20,21). The molecule has 0 aliphatic heterocycles. The van der Waals surface area contributed by atoms with Crippen molar-refractivity contribution in [3.63, 3.8) is 0 Å². The predicted octanol–water partition coefficient (Wildman–Crippen LogP) is 4.61. The number of pyridine rings is 1. The normalized spacial score (nSPS) is 15.0. The molecule has 7 heteroatoms. The van der Waals surface area contributed by atoms with Crippen LogP contribution in [0.5, 0.6) is 5.88 Å². The summed E-state index contributed by atoms with van der Waals surface area (Å²) in [7, 11) is 0. The van der Waals surface area contributed by atoms with Crippen molar-refractivity contribution in [3.05, 3.63) is 29.3 Å². The number of thioether (sulfide) groups is 1. The lowest BCUT2D eigenvalue weighted by Crippen LogP contribution is -2.14. The van der Waals surface area contributed by atoms with Crippen LogP contribution in [0.15, 0.2) is 28.7 Å². The van der Waals surface area contributed by atoms with Gasteiger partial charge < -0.3 is 4.74 Å². The van der Waals surface area contributed by atoms with Gasteiger partial charge in [-0.15, -0.1) is 23.1 Å². The van der Waals surface area contributed by atoms with Gasteiger partial charge in [-0.05, 0) is 32.8 Å². The number of carbonyl (C=O) groups is 1. The van der Waals surface area contributed by atoms with Crippen LogP contribution in [-0.4, -0.2) is 27.2 Å². The highest BCUT2D eigenvalue weighted by Gasteiger charge is 2.19. The zero-order valence-electron chi connectivity index (χ0n) is 13.8. The Hall–Kier alpha value is -1.60. The summed E-state index contributed by atoms with van der Waals surface area (Å²) in [6, 6.07) is 3.54. The molecule has 0 bridgehead atoms. The van der Waals surface area contributed by atoms with Crippen molar-refractivity contribution < 1.29 is 9.53 Å². The smallest absolute Gasteiger partial charge is 0.257 e. The number of amides is 1. The van der Waals surface area contributed by atoms with Gasteiger partial charge in [0.15, 0.2) is 5.13 Å². The quantitative estimate of drug-likeness (QED) is 0.812. The Labute approximate surface area is 150 Å². The van der Waals surface area contributed by atoms with E-state index in [9.17, 15) is 4.79 Å². The van der Waals surface area contributed by atoms with E-state index < -0.39 is 0 Å². The van der Waals surface area contributed by atoms with Gasteiger partial charge in [0, 0.05) is 28.5 Å². The van der Waals surface area contributed by atoms with E-state index in [1.807, 2.05) is 25.3 Å². The fourth-order valence-corrected chi connectivity index (χ4v) is 4.38. The van der Waals surface area contributed by atoms with E-state index in [0.717, 1.165) is 5.03 Å². The maximum Gasteiger partial charge on any atom is 0.257 e. The summed E-state index contributed by atoms with van der Waals surface area (Å²) >= 11 is 3.14. The van der Waals surface area contributed by atoms with Gasteiger partial charge in [-0.2, -0.15) is 0 Å². The number of aromatic nitrogens is 2. The maximum atomic E-state index is 12.5. The summed E-state index contributed by atoms with van der Waals surface area (Å²) in [6.45, 7) is 3.90. The van der Waals surface area contributed by atoms with Gasteiger partial charge in [-0.1, -0.05) is 12.8 Å². The second-order valence-corrected chi connectivity index (χ2v) is 8.23. The Balaban J connectivity index is 1.81. The number of anilines is 1. The molecule has 3 rings (SSSR count). The molecule has 5 nitrogen and oxygen atoms in total. The minimum atomic E-state index is -0.186. The number of rotatable bonds is 6. The molecule has 2 aromatic heterocycles. The summed E-state index contributed by atoms with van der Waals surface area (Å²) < 4.78 is 5.73. The van der Waals surface area contributed by atoms with Crippen LogP contribution in [-0.2, 0) is 0 Å². The third-order valence-corrected chi connectivity index (χ3v) is 5.58. The van der Waals surface area contributed by atoms with Crippen molar-refractivity contribution in [2.45, 2.75) is 55.9 Å². The molecule has 0 aromatic carbocycles. The first-order chi connectivity index (χ1) is 11.6. The van der Waals surface area contributed by atoms with Gasteiger partial charge in [0.05, 0.1) is 6.10 Å². The van der Waals surface area contributed by atoms with Crippen LogP contribution in [0.25, 0.3) is 0 Å². The van der Waals surface area contributed by atoms with Gasteiger partial charge in [-0.3, -0.25) is 10.1 Å². The van der Waals surface area contributed by atoms with Crippen molar-refractivity contribution in [3.8, 4) is 5.88 Å². The highest BCUT2D eigenvalue weighted by Crippen LogP contribution is 2.35. The minimum Gasteiger partial charge on any atom is -0.475 e. The lowest BCUT2D eigenvalue weighted by molar-refractivity contribution is 0.102. The molecule has 2 heterocycles. The molecule has 128 valence electrons. The molecule has 1 aliphatic carbocycles. The van der Waals surface area contributed by atoms with Gasteiger partial charge in [0.25, 0.3) is 5.91 Å². The number of hydrogen-bond acceptors (Lipinski definition) is 6. The fourth-order valence-electron chi connectivity index (χ4n) is 2.61. The fraction of sp³-hybridized carbons (Fsp3) is 0.471. The predicted molar refractivity (Wildman–Crippen MR) is 98.2 cm³/mol. The van der Waals surface area contributed by atoms with Crippen LogP contribution in [0.1, 0.15) is 49.9 Å². The average molecular weight is 364 g/mol. The first-order valence-electron chi connectivity index (χ1n) is 8.16. The van der Waals surface area contributed by atoms with Crippen LogP contribution >= 0.6 is 23.1 Å². The zero-order valence-corrected chi connectivity index (χ0v) is 15.5. The highest BCUT2D eigenvalue weighted by atomic mass is 32.2. The van der Waals surface area contributed by atoms with Gasteiger partial charge in [0.2, 0.25) is 5.88 Å². The number of nitrogens with zero attached hydrogens (tertiary/aromatic N) is 2.